The summed E-state index contributed by atoms with van der Waals surface area (Å²) in [6.07, 6.45) is 99.8. The summed E-state index contributed by atoms with van der Waals surface area (Å²) in [5, 5.41) is 0. The van der Waals surface area contributed by atoms with E-state index in [1.54, 1.807) is 0 Å². The lowest BCUT2D eigenvalue weighted by Crippen LogP contribution is -2.37. The average Bonchev–Trinajstić information content (AvgIpc) is 2.34. The minimum Gasteiger partial charge on any atom is -0.756 e. The first-order valence-corrected chi connectivity index (χ1v) is 40.8. The highest BCUT2D eigenvalue weighted by atomic mass is 31.2. The second-order valence-corrected chi connectivity index (χ2v) is 29.1. The minimum absolute atomic E-state index is 0.0300. The van der Waals surface area contributed by atoms with Crippen molar-refractivity contribution in [3.05, 3.63) is 85.1 Å². The zero-order valence-corrected chi connectivity index (χ0v) is 62.1. The first-order chi connectivity index (χ1) is 45.0. The van der Waals surface area contributed by atoms with E-state index in [0.717, 1.165) is 77.0 Å². The van der Waals surface area contributed by atoms with Crippen molar-refractivity contribution in [2.45, 2.75) is 380 Å². The lowest BCUT2D eigenvalue weighted by Gasteiger charge is -2.28. The van der Waals surface area contributed by atoms with Crippen LogP contribution in [0.1, 0.15) is 373 Å². The second-order valence-electron chi connectivity index (χ2n) is 27.7. The maximum absolute atomic E-state index is 12.9. The number of allylic oxidation sites excluding steroid dienone is 14. The van der Waals surface area contributed by atoms with E-state index in [9.17, 15) is 19.0 Å². The minimum atomic E-state index is -4.65. The van der Waals surface area contributed by atoms with Crippen LogP contribution in [0.25, 0.3) is 0 Å². The van der Waals surface area contributed by atoms with Gasteiger partial charge >= 0.3 is 11.9 Å². The van der Waals surface area contributed by atoms with Gasteiger partial charge in [0.25, 0.3) is 7.82 Å². The Kier molecular flexibility index (Phi) is 70.2. The number of nitrogens with zero attached hydrogens (tertiary/aromatic N) is 1. The number of likely N-dealkylation sites (N-methyl/N-ethyl adjacent to an activating group) is 1. The van der Waals surface area contributed by atoms with Gasteiger partial charge in [0, 0.05) is 12.8 Å². The molecule has 0 aliphatic heterocycles. The zero-order valence-electron chi connectivity index (χ0n) is 61.2. The molecule has 0 amide bonds. The van der Waals surface area contributed by atoms with E-state index in [1.807, 2.05) is 21.1 Å². The fourth-order valence-electron chi connectivity index (χ4n) is 11.4. The Hall–Kier alpha value is -2.81. The first-order valence-electron chi connectivity index (χ1n) is 39.3. The lowest BCUT2D eigenvalue weighted by molar-refractivity contribution is -0.870. The predicted molar refractivity (Wildman–Crippen MR) is 397 cm³/mol. The molecule has 0 heterocycles. The van der Waals surface area contributed by atoms with E-state index in [4.69, 9.17) is 18.5 Å². The normalized spacial score (nSPS) is 13.5. The van der Waals surface area contributed by atoms with E-state index < -0.39 is 26.5 Å². The summed E-state index contributed by atoms with van der Waals surface area (Å²) in [7, 11) is 1.18. The smallest absolute Gasteiger partial charge is 0.306 e. The van der Waals surface area contributed by atoms with Crippen molar-refractivity contribution in [3.8, 4) is 0 Å². The summed E-state index contributed by atoms with van der Waals surface area (Å²) in [4.78, 5) is 38.2. The Morgan fingerprint density at radius 2 is 0.620 bits per heavy atom. The van der Waals surface area contributed by atoms with Crippen LogP contribution in [0.4, 0.5) is 0 Å². The summed E-state index contributed by atoms with van der Waals surface area (Å²) in [5.41, 5.74) is 0. The highest BCUT2D eigenvalue weighted by Crippen LogP contribution is 2.38. The van der Waals surface area contributed by atoms with Crippen LogP contribution in [-0.2, 0) is 32.7 Å². The molecule has 0 radical (unpaired) electrons. The maximum Gasteiger partial charge on any atom is 0.306 e. The van der Waals surface area contributed by atoms with Gasteiger partial charge in [-0.15, -0.1) is 0 Å². The van der Waals surface area contributed by atoms with Crippen molar-refractivity contribution in [2.24, 2.45) is 0 Å². The van der Waals surface area contributed by atoms with Crippen LogP contribution in [0.15, 0.2) is 85.1 Å². The summed E-state index contributed by atoms with van der Waals surface area (Å²) >= 11 is 0. The zero-order chi connectivity index (χ0) is 66.9. The van der Waals surface area contributed by atoms with Crippen LogP contribution in [0.3, 0.4) is 0 Å². The van der Waals surface area contributed by atoms with Crippen LogP contribution >= 0.6 is 7.82 Å². The molecule has 0 fully saturated rings. The van der Waals surface area contributed by atoms with Crippen molar-refractivity contribution < 1.29 is 42.1 Å². The van der Waals surface area contributed by atoms with Gasteiger partial charge in [0.05, 0.1) is 27.7 Å². The number of carbonyl (C=O) groups is 2. The van der Waals surface area contributed by atoms with Crippen LogP contribution < -0.4 is 4.89 Å². The molecule has 2 atom stereocenters. The van der Waals surface area contributed by atoms with E-state index >= 15 is 0 Å². The van der Waals surface area contributed by atoms with Crippen molar-refractivity contribution in [1.82, 2.24) is 0 Å². The molecule has 2 unspecified atom stereocenters. The number of esters is 2. The molecule has 0 aromatic rings. The molecule has 0 rings (SSSR count). The van der Waals surface area contributed by atoms with Crippen LogP contribution in [0.2, 0.25) is 0 Å². The number of ether oxygens (including phenoxy) is 2. The number of rotatable bonds is 73. The van der Waals surface area contributed by atoms with E-state index in [0.29, 0.717) is 17.4 Å². The molecule has 0 aromatic heterocycles. The Balaban J connectivity index is 3.94. The molecule has 0 bridgehead atoms. The van der Waals surface area contributed by atoms with Gasteiger partial charge in [-0.3, -0.25) is 14.2 Å². The first kappa shape index (κ1) is 89.2. The number of hydrogen-bond acceptors (Lipinski definition) is 8. The molecule has 0 spiro atoms. The molecule has 0 aromatic carbocycles. The summed E-state index contributed by atoms with van der Waals surface area (Å²) in [6, 6.07) is 0. The molecular weight excluding hydrogens is 1160 g/mol. The third kappa shape index (κ3) is 76.2. The monoisotopic (exact) mass is 1310 g/mol. The molecule has 0 aliphatic carbocycles. The van der Waals surface area contributed by atoms with Crippen LogP contribution in [-0.4, -0.2) is 70.0 Å². The number of carbonyl (C=O) groups excluding carboxylic acids is 2. The fourth-order valence-corrected chi connectivity index (χ4v) is 12.2. The highest BCUT2D eigenvalue weighted by Gasteiger charge is 2.22. The molecule has 10 heteroatoms. The number of unbranched alkanes of at least 4 members (excludes halogenated alkanes) is 45. The molecule has 9 nitrogen and oxygen atoms in total. The van der Waals surface area contributed by atoms with Gasteiger partial charge in [-0.1, -0.05) is 356 Å². The molecule has 0 N–H and O–H groups in total. The molecule has 0 aliphatic rings. The largest absolute Gasteiger partial charge is 0.756 e. The summed E-state index contributed by atoms with van der Waals surface area (Å²) in [5.74, 6) is -0.814. The summed E-state index contributed by atoms with van der Waals surface area (Å²) in [6.45, 7) is 4.17. The quantitative estimate of drug-likeness (QED) is 0.0195. The maximum atomic E-state index is 12.9. The van der Waals surface area contributed by atoms with E-state index in [1.165, 1.54) is 263 Å². The molecular formula is C82H150NO8P. The Morgan fingerprint density at radius 3 is 0.924 bits per heavy atom. The van der Waals surface area contributed by atoms with Crippen LogP contribution in [0.5, 0.6) is 0 Å². The van der Waals surface area contributed by atoms with Gasteiger partial charge in [-0.2, -0.15) is 0 Å². The topological polar surface area (TPSA) is 111 Å². The number of hydrogen-bond donors (Lipinski definition) is 0. The van der Waals surface area contributed by atoms with Gasteiger partial charge in [0.1, 0.15) is 19.8 Å². The second kappa shape index (κ2) is 72.5. The summed E-state index contributed by atoms with van der Waals surface area (Å²) < 4.78 is 34.4. The van der Waals surface area contributed by atoms with Gasteiger partial charge in [0.15, 0.2) is 6.10 Å². The van der Waals surface area contributed by atoms with Gasteiger partial charge < -0.3 is 27.9 Å². The van der Waals surface area contributed by atoms with E-state index in [-0.39, 0.29) is 32.0 Å². The molecule has 0 saturated heterocycles. The Labute approximate surface area is 571 Å². The fraction of sp³-hybridized carbons (Fsp3) is 0.805. The predicted octanol–water partition coefficient (Wildman–Crippen LogP) is 25.4. The molecule has 536 valence electrons. The average molecular weight is 1310 g/mol. The number of quaternary nitrogens is 1. The van der Waals surface area contributed by atoms with Crippen LogP contribution in [0, 0.1) is 0 Å². The SMILES string of the molecule is CC/C=C\C/C=C\C/C=C\C/C=C\C/C=C\CCCCCCCCCCCCCCCCCCCCCCCC(=O)OC(COC(=O)CCCCCCCCCCCCCCCCCCCCC/C=C\C/C=C\CCCCCCC)COP(=O)([O-])OCC[N+](C)(C)C. The molecule has 92 heavy (non-hydrogen) atoms. The van der Waals surface area contributed by atoms with Crippen molar-refractivity contribution in [2.75, 3.05) is 47.5 Å². The Bertz CT molecular complexity index is 1830. The van der Waals surface area contributed by atoms with E-state index in [2.05, 4.69) is 98.9 Å². The standard InChI is InChI=1S/C82H150NO8P/c1-6-8-10-12-14-16-18-20-22-24-26-28-30-32-34-36-38-39-40-41-42-43-45-47-49-51-53-55-57-59-61-63-65-67-69-71-73-75-82(85)91-80(79-90-92(86,87)89-77-76-83(3,4)5)78-88-81(84)74-72-70-68-66-64-62-60-58-56-54-52-50-48-46-44-37-35-33-31-29-27-25-23-21-19-17-15-13-11-9-7-2/h8,10,14,16,19-22,25-28,32,34,80H,6-7,9,11-13,15,17-18,23-24,29-31,33,35-79H2,1-5H3/b10-8-,16-14-,21-19-,22-20-,27-25-,28-26-,34-32-. The van der Waals surface area contributed by atoms with Gasteiger partial charge in [0.2, 0.25) is 0 Å². The number of phosphoric ester groups is 1. The van der Waals surface area contributed by atoms with Crippen molar-refractivity contribution in [1.29, 1.82) is 0 Å². The molecule has 0 saturated carbocycles. The van der Waals surface area contributed by atoms with Gasteiger partial charge in [-0.05, 0) is 89.9 Å². The lowest BCUT2D eigenvalue weighted by atomic mass is 10.0. The third-order valence-corrected chi connectivity index (χ3v) is 18.4. The Morgan fingerprint density at radius 1 is 0.348 bits per heavy atom. The third-order valence-electron chi connectivity index (χ3n) is 17.4. The highest BCUT2D eigenvalue weighted by molar-refractivity contribution is 7.45. The number of phosphoric acid groups is 1. The van der Waals surface area contributed by atoms with Gasteiger partial charge in [-0.25, -0.2) is 0 Å². The van der Waals surface area contributed by atoms with Crippen molar-refractivity contribution in [3.63, 3.8) is 0 Å². The van der Waals surface area contributed by atoms with Crippen molar-refractivity contribution >= 4 is 19.8 Å².